The largest absolute Gasteiger partial charge is 0.380 e. The molecule has 1 N–H and O–H groups in total. The summed E-state index contributed by atoms with van der Waals surface area (Å²) >= 11 is 0. The van der Waals surface area contributed by atoms with E-state index in [1.807, 2.05) is 0 Å². The van der Waals surface area contributed by atoms with Gasteiger partial charge in [0.05, 0.1) is 19.8 Å². The average molecular weight is 216 g/mol. The van der Waals surface area contributed by atoms with Crippen LogP contribution in [0.4, 0.5) is 0 Å². The summed E-state index contributed by atoms with van der Waals surface area (Å²) < 4.78 is 10.5. The molecule has 6 heteroatoms. The Kier molecular flexibility index (Phi) is 12.5. The molecule has 0 saturated carbocycles. The van der Waals surface area contributed by atoms with E-state index in [1.54, 1.807) is 0 Å². The Labute approximate surface area is 90.6 Å². The molecule has 0 unspecified atom stereocenters. The molecule has 0 aliphatic heterocycles. The maximum atomic E-state index is 7.99. The molecule has 0 fully saturated rings. The van der Waals surface area contributed by atoms with Crippen molar-refractivity contribution in [2.24, 2.45) is 5.11 Å². The van der Waals surface area contributed by atoms with Gasteiger partial charge >= 0.3 is 0 Å². The van der Waals surface area contributed by atoms with E-state index >= 15 is 0 Å². The molecule has 0 rings (SSSR count). The first-order chi connectivity index (χ1) is 7.41. The predicted octanol–water partition coefficient (Wildman–Crippen LogP) is 1.33. The van der Waals surface area contributed by atoms with Crippen molar-refractivity contribution in [3.05, 3.63) is 10.4 Å². The second kappa shape index (κ2) is 13.2. The maximum absolute atomic E-state index is 7.99. The quantitative estimate of drug-likeness (QED) is 0.245. The van der Waals surface area contributed by atoms with Gasteiger partial charge in [-0.3, -0.25) is 0 Å². The van der Waals surface area contributed by atoms with Crippen LogP contribution in [0, 0.1) is 0 Å². The smallest absolute Gasteiger partial charge is 0.0590 e. The van der Waals surface area contributed by atoms with Crippen molar-refractivity contribution >= 4 is 0 Å². The lowest BCUT2D eigenvalue weighted by atomic mass is 10.5. The first-order valence-electron chi connectivity index (χ1n) is 5.29. The molecule has 0 amide bonds. The molecule has 0 bridgehead atoms. The minimum Gasteiger partial charge on any atom is -0.380 e. The van der Waals surface area contributed by atoms with Gasteiger partial charge in [0.2, 0.25) is 0 Å². The lowest BCUT2D eigenvalue weighted by Gasteiger charge is -2.05. The molecular weight excluding hydrogens is 196 g/mol. The van der Waals surface area contributed by atoms with Gasteiger partial charge in [0.1, 0.15) is 0 Å². The minimum absolute atomic E-state index is 0.399. The molecule has 0 atom stereocenters. The highest BCUT2D eigenvalue weighted by molar-refractivity contribution is 4.47. The normalized spacial score (nSPS) is 9.93. The highest BCUT2D eigenvalue weighted by Crippen LogP contribution is 1.79. The second-order valence-corrected chi connectivity index (χ2v) is 2.93. The molecule has 6 nitrogen and oxygen atoms in total. The van der Waals surface area contributed by atoms with Crippen LogP contribution in [0.25, 0.3) is 10.4 Å². The minimum atomic E-state index is 0.399. The standard InChI is InChI=1S/C9H20N4O2/c1-2-6-14-7-3-11-4-8-15-9-5-12-13-10/h11H,2-9H2,1H3. The van der Waals surface area contributed by atoms with Gasteiger partial charge in [-0.05, 0) is 12.0 Å². The van der Waals surface area contributed by atoms with E-state index < -0.39 is 0 Å². The highest BCUT2D eigenvalue weighted by atomic mass is 16.5. The Morgan fingerprint density at radius 2 is 1.80 bits per heavy atom. The Bertz CT molecular complexity index is 171. The first-order valence-corrected chi connectivity index (χ1v) is 5.29. The van der Waals surface area contributed by atoms with Crippen LogP contribution in [-0.4, -0.2) is 46.1 Å². The topological polar surface area (TPSA) is 79.2 Å². The van der Waals surface area contributed by atoms with Crippen LogP contribution in [0.5, 0.6) is 0 Å². The number of nitrogens with one attached hydrogen (secondary N) is 1. The third-order valence-electron chi connectivity index (χ3n) is 1.59. The fourth-order valence-corrected chi connectivity index (χ4v) is 0.912. The van der Waals surface area contributed by atoms with Crippen LogP contribution < -0.4 is 5.32 Å². The van der Waals surface area contributed by atoms with E-state index in [1.165, 1.54) is 0 Å². The predicted molar refractivity (Wildman–Crippen MR) is 58.8 cm³/mol. The molecule has 0 spiro atoms. The number of hydrogen-bond donors (Lipinski definition) is 1. The molecule has 0 aromatic rings. The summed E-state index contributed by atoms with van der Waals surface area (Å²) in [5, 5.41) is 6.54. The van der Waals surface area contributed by atoms with Gasteiger partial charge in [-0.1, -0.05) is 12.0 Å². The third kappa shape index (κ3) is 13.2. The molecule has 0 aliphatic carbocycles. The Balaban J connectivity index is 2.89. The van der Waals surface area contributed by atoms with Gasteiger partial charge in [-0.15, -0.1) is 0 Å². The monoisotopic (exact) mass is 216 g/mol. The summed E-state index contributed by atoms with van der Waals surface area (Å²) in [5.41, 5.74) is 7.99. The van der Waals surface area contributed by atoms with E-state index in [-0.39, 0.29) is 0 Å². The molecule has 0 saturated heterocycles. The highest BCUT2D eigenvalue weighted by Gasteiger charge is 1.89. The second-order valence-electron chi connectivity index (χ2n) is 2.93. The summed E-state index contributed by atoms with van der Waals surface area (Å²) in [4.78, 5) is 2.62. The zero-order valence-electron chi connectivity index (χ0n) is 9.31. The summed E-state index contributed by atoms with van der Waals surface area (Å²) in [7, 11) is 0. The molecule has 15 heavy (non-hydrogen) atoms. The van der Waals surface area contributed by atoms with Crippen LogP contribution in [0.15, 0.2) is 5.11 Å². The molecular formula is C9H20N4O2. The van der Waals surface area contributed by atoms with Crippen molar-refractivity contribution < 1.29 is 9.47 Å². The van der Waals surface area contributed by atoms with Gasteiger partial charge in [0, 0.05) is 31.2 Å². The lowest BCUT2D eigenvalue weighted by molar-refractivity contribution is 0.124. The molecule has 0 aromatic heterocycles. The van der Waals surface area contributed by atoms with Gasteiger partial charge in [-0.25, -0.2) is 0 Å². The van der Waals surface area contributed by atoms with Crippen LogP contribution in [0.2, 0.25) is 0 Å². The van der Waals surface area contributed by atoms with Crippen LogP contribution in [0.1, 0.15) is 13.3 Å². The van der Waals surface area contributed by atoms with Crippen molar-refractivity contribution in [2.45, 2.75) is 13.3 Å². The SMILES string of the molecule is CCCOCCNCCOCCN=[N+]=[N-]. The Hall–Kier alpha value is -0.810. The summed E-state index contributed by atoms with van der Waals surface area (Å²) in [6.45, 7) is 6.82. The maximum Gasteiger partial charge on any atom is 0.0590 e. The molecule has 0 aromatic carbocycles. The Morgan fingerprint density at radius 3 is 2.40 bits per heavy atom. The average Bonchev–Trinajstić information content (AvgIpc) is 2.26. The van der Waals surface area contributed by atoms with Gasteiger partial charge in [-0.2, -0.15) is 0 Å². The third-order valence-corrected chi connectivity index (χ3v) is 1.59. The van der Waals surface area contributed by atoms with Gasteiger partial charge in [0.15, 0.2) is 0 Å². The zero-order valence-corrected chi connectivity index (χ0v) is 9.31. The van der Waals surface area contributed by atoms with Crippen LogP contribution >= 0.6 is 0 Å². The number of rotatable bonds is 11. The van der Waals surface area contributed by atoms with E-state index in [0.29, 0.717) is 19.8 Å². The van der Waals surface area contributed by atoms with Crippen LogP contribution in [0.3, 0.4) is 0 Å². The van der Waals surface area contributed by atoms with Crippen molar-refractivity contribution in [1.82, 2.24) is 5.32 Å². The number of ether oxygens (including phenoxy) is 2. The first kappa shape index (κ1) is 14.2. The summed E-state index contributed by atoms with van der Waals surface area (Å²) in [6.07, 6.45) is 1.06. The van der Waals surface area contributed by atoms with E-state index in [9.17, 15) is 0 Å². The fourth-order valence-electron chi connectivity index (χ4n) is 0.912. The molecule has 0 aliphatic rings. The zero-order chi connectivity index (χ0) is 11.2. The summed E-state index contributed by atoms with van der Waals surface area (Å²) in [6, 6.07) is 0. The van der Waals surface area contributed by atoms with Crippen molar-refractivity contribution in [1.29, 1.82) is 0 Å². The molecule has 0 radical (unpaired) electrons. The number of nitrogens with zero attached hydrogens (tertiary/aromatic N) is 3. The number of azide groups is 1. The molecule has 88 valence electrons. The Morgan fingerprint density at radius 1 is 1.13 bits per heavy atom. The van der Waals surface area contributed by atoms with Gasteiger partial charge in [0.25, 0.3) is 0 Å². The van der Waals surface area contributed by atoms with Crippen LogP contribution in [-0.2, 0) is 9.47 Å². The van der Waals surface area contributed by atoms with E-state index in [2.05, 4.69) is 22.3 Å². The summed E-state index contributed by atoms with van der Waals surface area (Å²) in [5.74, 6) is 0. The fraction of sp³-hybridized carbons (Fsp3) is 1.00. The molecule has 0 heterocycles. The van der Waals surface area contributed by atoms with Crippen molar-refractivity contribution in [2.75, 3.05) is 46.1 Å². The van der Waals surface area contributed by atoms with E-state index in [4.69, 9.17) is 15.0 Å². The lowest BCUT2D eigenvalue weighted by Crippen LogP contribution is -2.24. The number of hydrogen-bond acceptors (Lipinski definition) is 4. The van der Waals surface area contributed by atoms with E-state index in [0.717, 1.165) is 32.7 Å². The van der Waals surface area contributed by atoms with Gasteiger partial charge < -0.3 is 14.8 Å². The van der Waals surface area contributed by atoms with Crippen molar-refractivity contribution in [3.63, 3.8) is 0 Å². The van der Waals surface area contributed by atoms with Crippen molar-refractivity contribution in [3.8, 4) is 0 Å².